The number of carbonyl (C=O) groups is 2. The van der Waals surface area contributed by atoms with Gasteiger partial charge in [-0.15, -0.1) is 0 Å². The van der Waals surface area contributed by atoms with E-state index < -0.39 is 0 Å². The topological polar surface area (TPSA) is 65.1 Å². The molecule has 2 unspecified atom stereocenters. The van der Waals surface area contributed by atoms with Crippen LogP contribution < -0.4 is 0 Å². The van der Waals surface area contributed by atoms with Crippen LogP contribution in [0.1, 0.15) is 33.1 Å². The first kappa shape index (κ1) is 12.4. The summed E-state index contributed by atoms with van der Waals surface area (Å²) in [4.78, 5) is 21.8. The van der Waals surface area contributed by atoms with Gasteiger partial charge in [-0.25, -0.2) is 0 Å². The van der Waals surface area contributed by atoms with Crippen molar-refractivity contribution in [2.75, 3.05) is 13.2 Å². The van der Waals surface area contributed by atoms with Crippen molar-refractivity contribution in [3.05, 3.63) is 0 Å². The number of esters is 2. The number of hydrogen-bond donors (Lipinski definition) is 0. The molecule has 0 spiro atoms. The fourth-order valence-corrected chi connectivity index (χ4v) is 2.40. The molecule has 0 aromatic rings. The minimum Gasteiger partial charge on any atom is -0.465 e. The van der Waals surface area contributed by atoms with E-state index in [1.54, 1.807) is 0 Å². The number of epoxide rings is 1. The summed E-state index contributed by atoms with van der Waals surface area (Å²) < 4.78 is 15.7. The van der Waals surface area contributed by atoms with Crippen molar-refractivity contribution < 1.29 is 23.8 Å². The second-order valence-corrected chi connectivity index (χ2v) is 5.02. The van der Waals surface area contributed by atoms with Gasteiger partial charge < -0.3 is 14.2 Å². The van der Waals surface area contributed by atoms with Crippen LogP contribution in [-0.2, 0) is 23.8 Å². The van der Waals surface area contributed by atoms with Gasteiger partial charge in [0.25, 0.3) is 0 Å². The maximum atomic E-state index is 10.9. The Hall–Kier alpha value is -1.10. The van der Waals surface area contributed by atoms with Crippen LogP contribution in [0.4, 0.5) is 0 Å². The van der Waals surface area contributed by atoms with E-state index in [4.69, 9.17) is 14.2 Å². The molecular weight excluding hydrogens is 224 g/mol. The van der Waals surface area contributed by atoms with Crippen molar-refractivity contribution in [3.8, 4) is 0 Å². The summed E-state index contributed by atoms with van der Waals surface area (Å²) in [6, 6.07) is 0. The zero-order valence-corrected chi connectivity index (χ0v) is 10.2. The van der Waals surface area contributed by atoms with Gasteiger partial charge in [0.1, 0.15) is 13.2 Å². The van der Waals surface area contributed by atoms with Gasteiger partial charge in [0.2, 0.25) is 0 Å². The van der Waals surface area contributed by atoms with Gasteiger partial charge in [0, 0.05) is 19.3 Å². The molecule has 1 heterocycles. The van der Waals surface area contributed by atoms with Crippen molar-refractivity contribution in [2.24, 2.45) is 5.41 Å². The van der Waals surface area contributed by atoms with Crippen molar-refractivity contribution in [1.82, 2.24) is 0 Å². The minimum atomic E-state index is -0.300. The van der Waals surface area contributed by atoms with Crippen LogP contribution in [-0.4, -0.2) is 37.4 Å². The molecule has 0 amide bonds. The third-order valence-electron chi connectivity index (χ3n) is 3.44. The quantitative estimate of drug-likeness (QED) is 0.544. The number of ether oxygens (including phenoxy) is 3. The van der Waals surface area contributed by atoms with Gasteiger partial charge in [-0.3, -0.25) is 9.59 Å². The summed E-state index contributed by atoms with van der Waals surface area (Å²) >= 11 is 0. The molecule has 96 valence electrons. The maximum Gasteiger partial charge on any atom is 0.302 e. The highest BCUT2D eigenvalue weighted by molar-refractivity contribution is 5.66. The highest BCUT2D eigenvalue weighted by Gasteiger charge is 2.51. The van der Waals surface area contributed by atoms with Crippen LogP contribution in [0.2, 0.25) is 0 Å². The first-order valence-electron chi connectivity index (χ1n) is 5.93. The van der Waals surface area contributed by atoms with E-state index in [9.17, 15) is 9.59 Å². The molecule has 2 fully saturated rings. The second kappa shape index (κ2) is 4.64. The summed E-state index contributed by atoms with van der Waals surface area (Å²) in [5.74, 6) is -0.600. The number of hydrogen-bond acceptors (Lipinski definition) is 5. The van der Waals surface area contributed by atoms with E-state index in [1.807, 2.05) is 0 Å². The molecule has 5 nitrogen and oxygen atoms in total. The highest BCUT2D eigenvalue weighted by atomic mass is 16.6. The number of fused-ring (bicyclic) bond motifs is 1. The molecule has 0 aromatic carbocycles. The Balaban J connectivity index is 1.94. The Morgan fingerprint density at radius 2 is 1.76 bits per heavy atom. The van der Waals surface area contributed by atoms with Crippen LogP contribution in [0.3, 0.4) is 0 Å². The van der Waals surface area contributed by atoms with Crippen molar-refractivity contribution in [2.45, 2.75) is 45.3 Å². The third kappa shape index (κ3) is 3.19. The average molecular weight is 242 g/mol. The van der Waals surface area contributed by atoms with E-state index in [0.717, 1.165) is 19.3 Å². The lowest BCUT2D eigenvalue weighted by molar-refractivity contribution is -0.152. The Morgan fingerprint density at radius 3 is 2.24 bits per heavy atom. The molecular formula is C12H18O5. The molecule has 2 atom stereocenters. The van der Waals surface area contributed by atoms with Crippen LogP contribution in [0.25, 0.3) is 0 Å². The molecule has 0 bridgehead atoms. The molecule has 17 heavy (non-hydrogen) atoms. The largest absolute Gasteiger partial charge is 0.465 e. The van der Waals surface area contributed by atoms with Crippen LogP contribution >= 0.6 is 0 Å². The van der Waals surface area contributed by atoms with Gasteiger partial charge in [0.15, 0.2) is 0 Å². The first-order valence-corrected chi connectivity index (χ1v) is 5.93. The van der Waals surface area contributed by atoms with Crippen molar-refractivity contribution in [1.29, 1.82) is 0 Å². The zero-order chi connectivity index (χ0) is 12.5. The number of rotatable bonds is 4. The molecule has 1 aliphatic heterocycles. The van der Waals surface area contributed by atoms with E-state index in [2.05, 4.69) is 0 Å². The molecule has 5 heteroatoms. The lowest BCUT2D eigenvalue weighted by atomic mass is 9.75. The molecule has 2 aliphatic rings. The average Bonchev–Trinajstić information content (AvgIpc) is 3.02. The maximum absolute atomic E-state index is 10.9. The van der Waals surface area contributed by atoms with Gasteiger partial charge in [-0.2, -0.15) is 0 Å². The molecule has 1 saturated heterocycles. The highest BCUT2D eigenvalue weighted by Crippen LogP contribution is 2.46. The molecule has 0 N–H and O–H groups in total. The van der Waals surface area contributed by atoms with E-state index >= 15 is 0 Å². The van der Waals surface area contributed by atoms with E-state index in [0.29, 0.717) is 19.3 Å². The first-order chi connectivity index (χ1) is 8.01. The van der Waals surface area contributed by atoms with E-state index in [1.165, 1.54) is 13.8 Å². The van der Waals surface area contributed by atoms with Crippen molar-refractivity contribution in [3.63, 3.8) is 0 Å². The Labute approximate surface area is 100 Å². The molecule has 0 aromatic heterocycles. The smallest absolute Gasteiger partial charge is 0.302 e. The van der Waals surface area contributed by atoms with Crippen LogP contribution in [0, 0.1) is 5.41 Å². The SMILES string of the molecule is CC(=O)OCC1(COC(C)=O)CCC2OC2C1. The fraction of sp³-hybridized carbons (Fsp3) is 0.833. The Bertz CT molecular complexity index is 307. The normalized spacial score (nSPS) is 29.1. The summed E-state index contributed by atoms with van der Waals surface area (Å²) in [5.41, 5.74) is -0.255. The summed E-state index contributed by atoms with van der Waals surface area (Å²) in [5, 5.41) is 0. The van der Waals surface area contributed by atoms with Gasteiger partial charge >= 0.3 is 11.9 Å². The predicted molar refractivity (Wildman–Crippen MR) is 58.2 cm³/mol. The second-order valence-electron chi connectivity index (χ2n) is 5.02. The number of carbonyl (C=O) groups excluding carboxylic acids is 2. The molecule has 2 rings (SSSR count). The van der Waals surface area contributed by atoms with Crippen LogP contribution in [0.15, 0.2) is 0 Å². The predicted octanol–water partition coefficient (Wildman–Crippen LogP) is 1.05. The molecule has 1 aliphatic carbocycles. The lowest BCUT2D eigenvalue weighted by Gasteiger charge is -2.34. The fourth-order valence-electron chi connectivity index (χ4n) is 2.40. The Kier molecular flexibility index (Phi) is 3.38. The summed E-state index contributed by atoms with van der Waals surface area (Å²) in [7, 11) is 0. The van der Waals surface area contributed by atoms with Gasteiger partial charge in [0.05, 0.1) is 12.2 Å². The van der Waals surface area contributed by atoms with Gasteiger partial charge in [-0.1, -0.05) is 0 Å². The summed E-state index contributed by atoms with van der Waals surface area (Å²) in [6.45, 7) is 3.39. The minimum absolute atomic E-state index is 0.255. The van der Waals surface area contributed by atoms with Crippen molar-refractivity contribution >= 4 is 11.9 Å². The summed E-state index contributed by atoms with van der Waals surface area (Å²) in [6.07, 6.45) is 3.26. The molecule has 1 saturated carbocycles. The van der Waals surface area contributed by atoms with Gasteiger partial charge in [-0.05, 0) is 19.3 Å². The lowest BCUT2D eigenvalue weighted by Crippen LogP contribution is -2.38. The Morgan fingerprint density at radius 1 is 1.18 bits per heavy atom. The van der Waals surface area contributed by atoms with E-state index in [-0.39, 0.29) is 23.5 Å². The zero-order valence-electron chi connectivity index (χ0n) is 10.2. The van der Waals surface area contributed by atoms with Crippen LogP contribution in [0.5, 0.6) is 0 Å². The standard InChI is InChI=1S/C12H18O5/c1-8(13)15-6-12(7-16-9(2)14)4-3-10-11(5-12)17-10/h10-11H,3-7H2,1-2H3. The molecule has 0 radical (unpaired) electrons. The monoisotopic (exact) mass is 242 g/mol. The third-order valence-corrected chi connectivity index (χ3v) is 3.44.